The van der Waals surface area contributed by atoms with Crippen LogP contribution in [0.1, 0.15) is 25.5 Å². The van der Waals surface area contributed by atoms with Crippen LogP contribution in [-0.2, 0) is 11.3 Å². The Morgan fingerprint density at radius 1 is 1.43 bits per heavy atom. The molecule has 0 aliphatic carbocycles. The lowest BCUT2D eigenvalue weighted by molar-refractivity contribution is -0.121. The highest BCUT2D eigenvalue weighted by molar-refractivity contribution is 5.96. The summed E-state index contributed by atoms with van der Waals surface area (Å²) in [4.78, 5) is 18.6. The molecule has 1 N–H and O–H groups in total. The number of hydrogen-bond acceptors (Lipinski definition) is 4. The first kappa shape index (κ1) is 13.8. The lowest BCUT2D eigenvalue weighted by atomic mass is 10.1. The second kappa shape index (κ2) is 5.65. The Morgan fingerprint density at radius 2 is 2.24 bits per heavy atom. The Balaban J connectivity index is 1.94. The third kappa shape index (κ3) is 2.67. The minimum Gasteiger partial charge on any atom is -0.309 e. The predicted molar refractivity (Wildman–Crippen MR) is 79.8 cm³/mol. The van der Waals surface area contributed by atoms with Crippen LogP contribution in [0.5, 0.6) is 0 Å². The van der Waals surface area contributed by atoms with Gasteiger partial charge in [-0.2, -0.15) is 5.10 Å². The van der Waals surface area contributed by atoms with Crippen molar-refractivity contribution in [3.05, 3.63) is 42.5 Å². The van der Waals surface area contributed by atoms with E-state index in [4.69, 9.17) is 0 Å². The summed E-state index contributed by atoms with van der Waals surface area (Å²) in [6, 6.07) is 7.90. The first-order valence-electron chi connectivity index (χ1n) is 7.13. The van der Waals surface area contributed by atoms with Crippen LogP contribution in [0.4, 0.5) is 5.69 Å². The maximum atomic E-state index is 12.9. The van der Waals surface area contributed by atoms with Crippen LogP contribution in [0, 0.1) is 0 Å². The molecule has 2 heterocycles. The van der Waals surface area contributed by atoms with E-state index in [-0.39, 0.29) is 18.0 Å². The van der Waals surface area contributed by atoms with E-state index in [0.717, 1.165) is 17.8 Å². The topological polar surface area (TPSA) is 63.1 Å². The van der Waals surface area contributed by atoms with Crippen molar-refractivity contribution in [3.8, 4) is 0 Å². The maximum Gasteiger partial charge on any atom is 0.251 e. The van der Waals surface area contributed by atoms with Crippen molar-refractivity contribution in [2.24, 2.45) is 0 Å². The molecule has 6 heteroatoms. The van der Waals surface area contributed by atoms with Gasteiger partial charge in [-0.25, -0.2) is 9.67 Å². The number of anilines is 1. The Morgan fingerprint density at radius 3 is 3.00 bits per heavy atom. The van der Waals surface area contributed by atoms with Gasteiger partial charge in [-0.15, -0.1) is 0 Å². The highest BCUT2D eigenvalue weighted by Gasteiger charge is 2.28. The fourth-order valence-electron chi connectivity index (χ4n) is 2.61. The quantitative estimate of drug-likeness (QED) is 0.905. The minimum atomic E-state index is -0.370. The first-order valence-corrected chi connectivity index (χ1v) is 7.13. The monoisotopic (exact) mass is 285 g/mol. The highest BCUT2D eigenvalue weighted by atomic mass is 16.2. The zero-order chi connectivity index (χ0) is 14.8. The van der Waals surface area contributed by atoms with Crippen molar-refractivity contribution < 1.29 is 4.79 Å². The summed E-state index contributed by atoms with van der Waals surface area (Å²) in [6.45, 7) is 5.36. The maximum absolute atomic E-state index is 12.9. The second-order valence-corrected chi connectivity index (χ2v) is 5.41. The standard InChI is InChI=1S/C15H19N5O/c1-11-8-19(14-6-4-3-5-13(14)7-17-11)15(21)12(2)20-10-16-9-18-20/h3-6,9-12,17H,7-8H2,1-2H3. The molecule has 110 valence electrons. The summed E-state index contributed by atoms with van der Waals surface area (Å²) in [5, 5.41) is 7.50. The summed E-state index contributed by atoms with van der Waals surface area (Å²) in [5.41, 5.74) is 2.12. The number of amides is 1. The van der Waals surface area contributed by atoms with E-state index in [0.29, 0.717) is 6.54 Å². The van der Waals surface area contributed by atoms with E-state index < -0.39 is 0 Å². The fourth-order valence-corrected chi connectivity index (χ4v) is 2.61. The van der Waals surface area contributed by atoms with Gasteiger partial charge in [-0.05, 0) is 25.5 Å². The van der Waals surface area contributed by atoms with Gasteiger partial charge < -0.3 is 10.2 Å². The molecular formula is C15H19N5O. The molecule has 0 saturated heterocycles. The van der Waals surface area contributed by atoms with Gasteiger partial charge in [0.2, 0.25) is 0 Å². The van der Waals surface area contributed by atoms with Crippen LogP contribution >= 0.6 is 0 Å². The number of nitrogens with one attached hydrogen (secondary N) is 1. The van der Waals surface area contributed by atoms with E-state index in [1.807, 2.05) is 30.0 Å². The van der Waals surface area contributed by atoms with Gasteiger partial charge >= 0.3 is 0 Å². The normalized spacial score (nSPS) is 19.7. The Bertz CT molecular complexity index is 625. The number of nitrogens with zero attached hydrogens (tertiary/aromatic N) is 4. The van der Waals surface area contributed by atoms with E-state index in [1.165, 1.54) is 6.33 Å². The molecule has 0 spiro atoms. The average molecular weight is 285 g/mol. The van der Waals surface area contributed by atoms with E-state index in [1.54, 1.807) is 11.0 Å². The average Bonchev–Trinajstić information content (AvgIpc) is 2.98. The van der Waals surface area contributed by atoms with Crippen molar-refractivity contribution in [1.29, 1.82) is 0 Å². The van der Waals surface area contributed by atoms with E-state index in [9.17, 15) is 4.79 Å². The molecule has 2 atom stereocenters. The number of carbonyl (C=O) groups excluding carboxylic acids is 1. The lowest BCUT2D eigenvalue weighted by Crippen LogP contribution is -2.42. The molecule has 2 aromatic rings. The van der Waals surface area contributed by atoms with Gasteiger partial charge in [-0.3, -0.25) is 4.79 Å². The first-order chi connectivity index (χ1) is 10.2. The largest absolute Gasteiger partial charge is 0.309 e. The minimum absolute atomic E-state index is 0.0310. The molecule has 1 aliphatic rings. The molecule has 0 saturated carbocycles. The Labute approximate surface area is 123 Å². The van der Waals surface area contributed by atoms with Crippen LogP contribution in [0.15, 0.2) is 36.9 Å². The van der Waals surface area contributed by atoms with Gasteiger partial charge in [0.05, 0.1) is 0 Å². The van der Waals surface area contributed by atoms with Crippen LogP contribution < -0.4 is 10.2 Å². The Kier molecular flexibility index (Phi) is 3.70. The van der Waals surface area contributed by atoms with Gasteiger partial charge in [0.25, 0.3) is 5.91 Å². The second-order valence-electron chi connectivity index (χ2n) is 5.41. The number of para-hydroxylation sites is 1. The van der Waals surface area contributed by atoms with Crippen molar-refractivity contribution in [3.63, 3.8) is 0 Å². The van der Waals surface area contributed by atoms with Gasteiger partial charge in [-0.1, -0.05) is 18.2 Å². The highest BCUT2D eigenvalue weighted by Crippen LogP contribution is 2.25. The third-order valence-corrected chi connectivity index (χ3v) is 3.84. The molecule has 3 rings (SSSR count). The molecule has 0 bridgehead atoms. The molecule has 1 amide bonds. The zero-order valence-electron chi connectivity index (χ0n) is 12.2. The molecule has 0 fully saturated rings. The number of carbonyl (C=O) groups is 1. The smallest absolute Gasteiger partial charge is 0.251 e. The molecule has 2 unspecified atom stereocenters. The number of hydrogen-bond donors (Lipinski definition) is 1. The van der Waals surface area contributed by atoms with Crippen LogP contribution in [-0.4, -0.2) is 33.3 Å². The SMILES string of the molecule is CC1CN(C(=O)C(C)n2cncn2)c2ccccc2CN1. The summed E-state index contributed by atoms with van der Waals surface area (Å²) < 4.78 is 1.59. The molecule has 6 nitrogen and oxygen atoms in total. The van der Waals surface area contributed by atoms with Crippen molar-refractivity contribution in [2.45, 2.75) is 32.5 Å². The fraction of sp³-hybridized carbons (Fsp3) is 0.400. The van der Waals surface area contributed by atoms with E-state index in [2.05, 4.69) is 28.4 Å². The van der Waals surface area contributed by atoms with Gasteiger partial charge in [0.1, 0.15) is 18.7 Å². The van der Waals surface area contributed by atoms with Crippen molar-refractivity contribution in [2.75, 3.05) is 11.4 Å². The Hall–Kier alpha value is -2.21. The van der Waals surface area contributed by atoms with E-state index >= 15 is 0 Å². The molecule has 21 heavy (non-hydrogen) atoms. The van der Waals surface area contributed by atoms with Crippen molar-refractivity contribution >= 4 is 11.6 Å². The summed E-state index contributed by atoms with van der Waals surface area (Å²) in [6.07, 6.45) is 3.03. The van der Waals surface area contributed by atoms with Crippen LogP contribution in [0.3, 0.4) is 0 Å². The number of fused-ring (bicyclic) bond motifs is 1. The predicted octanol–water partition coefficient (Wildman–Crippen LogP) is 1.36. The molecular weight excluding hydrogens is 266 g/mol. The zero-order valence-corrected chi connectivity index (χ0v) is 12.2. The summed E-state index contributed by atoms with van der Waals surface area (Å²) in [5.74, 6) is 0.0310. The number of aromatic nitrogens is 3. The molecule has 1 aromatic carbocycles. The molecule has 1 aromatic heterocycles. The number of benzene rings is 1. The summed E-state index contributed by atoms with van der Waals surface area (Å²) >= 11 is 0. The number of rotatable bonds is 2. The van der Waals surface area contributed by atoms with Gasteiger partial charge in [0, 0.05) is 24.8 Å². The molecule has 1 aliphatic heterocycles. The molecule has 0 radical (unpaired) electrons. The van der Waals surface area contributed by atoms with Gasteiger partial charge in [0.15, 0.2) is 0 Å². The van der Waals surface area contributed by atoms with Crippen LogP contribution in [0.2, 0.25) is 0 Å². The summed E-state index contributed by atoms with van der Waals surface area (Å²) in [7, 11) is 0. The lowest BCUT2D eigenvalue weighted by Gasteiger charge is -2.27. The van der Waals surface area contributed by atoms with Crippen molar-refractivity contribution in [1.82, 2.24) is 20.1 Å². The third-order valence-electron chi connectivity index (χ3n) is 3.84. The van der Waals surface area contributed by atoms with Crippen LogP contribution in [0.25, 0.3) is 0 Å².